The van der Waals surface area contributed by atoms with E-state index in [0.29, 0.717) is 19.6 Å². The Hall–Kier alpha value is -3.08. The van der Waals surface area contributed by atoms with Gasteiger partial charge in [0.05, 0.1) is 0 Å². The molecule has 2 aromatic heterocycles. The third-order valence-corrected chi connectivity index (χ3v) is 5.28. The fourth-order valence-electron chi connectivity index (χ4n) is 3.92. The average Bonchev–Trinajstić information content (AvgIpc) is 3.22. The second kappa shape index (κ2) is 5.73. The van der Waals surface area contributed by atoms with Gasteiger partial charge in [0.25, 0.3) is 0 Å². The highest BCUT2D eigenvalue weighted by atomic mass is 19.1. The number of para-hydroxylation sites is 1. The molecule has 2 aromatic carbocycles. The molecule has 0 atom stereocenters. The van der Waals surface area contributed by atoms with E-state index >= 15 is 0 Å². The second-order valence-electron chi connectivity index (χ2n) is 6.84. The Morgan fingerprint density at radius 1 is 1.15 bits per heavy atom. The number of amides is 1. The summed E-state index contributed by atoms with van der Waals surface area (Å²) in [4.78, 5) is 18.1. The van der Waals surface area contributed by atoms with Gasteiger partial charge in [-0.3, -0.25) is 4.79 Å². The first-order valence-electron chi connectivity index (χ1n) is 8.80. The van der Waals surface area contributed by atoms with Crippen LogP contribution in [0.2, 0.25) is 0 Å². The van der Waals surface area contributed by atoms with E-state index in [1.165, 1.54) is 6.07 Å². The van der Waals surface area contributed by atoms with Crippen LogP contribution in [0, 0.1) is 5.82 Å². The lowest BCUT2D eigenvalue weighted by molar-refractivity contribution is -0.132. The van der Waals surface area contributed by atoms with Crippen LogP contribution in [0.15, 0.2) is 54.7 Å². The summed E-state index contributed by atoms with van der Waals surface area (Å²) in [6.45, 7) is 1.52. The number of rotatable bonds is 2. The molecule has 3 heterocycles. The molecule has 130 valence electrons. The predicted molar refractivity (Wildman–Crippen MR) is 99.3 cm³/mol. The first-order valence-corrected chi connectivity index (χ1v) is 8.80. The number of aromatic nitrogens is 2. The van der Waals surface area contributed by atoms with Gasteiger partial charge in [-0.2, -0.15) is 0 Å². The van der Waals surface area contributed by atoms with Crippen LogP contribution in [-0.4, -0.2) is 26.9 Å². The van der Waals surface area contributed by atoms with Crippen LogP contribution in [0.25, 0.3) is 21.8 Å². The van der Waals surface area contributed by atoms with Crippen molar-refractivity contribution in [2.45, 2.75) is 19.5 Å². The summed E-state index contributed by atoms with van der Waals surface area (Å²) < 4.78 is 15.6. The summed E-state index contributed by atoms with van der Waals surface area (Å²) in [5, 5.41) is 2.01. The molecule has 0 radical (unpaired) electrons. The van der Waals surface area contributed by atoms with E-state index < -0.39 is 0 Å². The molecule has 0 saturated heterocycles. The smallest absolute Gasteiger partial charge is 0.242 e. The molecule has 1 N–H and O–H groups in total. The van der Waals surface area contributed by atoms with Crippen molar-refractivity contribution in [1.29, 1.82) is 0 Å². The van der Waals surface area contributed by atoms with Gasteiger partial charge >= 0.3 is 0 Å². The van der Waals surface area contributed by atoms with E-state index in [1.807, 2.05) is 46.0 Å². The maximum Gasteiger partial charge on any atom is 0.242 e. The molecule has 0 aliphatic carbocycles. The Bertz CT molecular complexity index is 1140. The van der Waals surface area contributed by atoms with Gasteiger partial charge in [-0.25, -0.2) is 4.39 Å². The van der Waals surface area contributed by atoms with Crippen LogP contribution in [0.1, 0.15) is 11.3 Å². The van der Waals surface area contributed by atoms with E-state index in [2.05, 4.69) is 4.98 Å². The van der Waals surface area contributed by atoms with Crippen LogP contribution in [0.4, 0.5) is 4.39 Å². The lowest BCUT2D eigenvalue weighted by Crippen LogP contribution is -2.37. The average molecular weight is 347 g/mol. The summed E-state index contributed by atoms with van der Waals surface area (Å²) in [6.07, 6.45) is 2.73. The third-order valence-electron chi connectivity index (χ3n) is 5.28. The molecule has 1 aliphatic rings. The minimum atomic E-state index is -0.249. The van der Waals surface area contributed by atoms with Crippen LogP contribution >= 0.6 is 0 Å². The van der Waals surface area contributed by atoms with Gasteiger partial charge in [0.2, 0.25) is 5.91 Å². The fraction of sp³-hybridized carbons (Fsp3) is 0.190. The highest BCUT2D eigenvalue weighted by Crippen LogP contribution is 2.28. The molecule has 5 rings (SSSR count). The summed E-state index contributed by atoms with van der Waals surface area (Å²) in [5.74, 6) is -0.163. The van der Waals surface area contributed by atoms with E-state index in [4.69, 9.17) is 0 Å². The van der Waals surface area contributed by atoms with Gasteiger partial charge in [-0.1, -0.05) is 18.2 Å². The standard InChI is InChI=1S/C21H18FN3O/c22-15-5-6-18-16(11-15)17-12-25(10-8-19(17)23-18)21(26)13-24-9-7-14-3-1-2-4-20(14)24/h1-7,9,11,23H,8,10,12-13H2. The molecule has 1 amide bonds. The van der Waals surface area contributed by atoms with Gasteiger partial charge in [-0.15, -0.1) is 0 Å². The molecule has 0 fully saturated rings. The molecule has 0 spiro atoms. The van der Waals surface area contributed by atoms with Crippen molar-refractivity contribution in [3.63, 3.8) is 0 Å². The number of carbonyl (C=O) groups excluding carboxylic acids is 1. The number of halogens is 1. The molecular weight excluding hydrogens is 329 g/mol. The summed E-state index contributed by atoms with van der Waals surface area (Å²) in [6, 6.07) is 14.9. The minimum absolute atomic E-state index is 0.0859. The lowest BCUT2D eigenvalue weighted by atomic mass is 10.0. The Balaban J connectivity index is 1.42. The van der Waals surface area contributed by atoms with Gasteiger partial charge in [0.15, 0.2) is 0 Å². The SMILES string of the molecule is O=C(Cn1ccc2ccccc21)N1CCc2[nH]c3ccc(F)cc3c2C1. The molecule has 0 unspecified atom stereocenters. The first-order chi connectivity index (χ1) is 12.7. The largest absolute Gasteiger partial charge is 0.358 e. The van der Waals surface area contributed by atoms with Crippen molar-refractivity contribution in [3.05, 3.63) is 71.8 Å². The van der Waals surface area contributed by atoms with Gasteiger partial charge in [0.1, 0.15) is 12.4 Å². The van der Waals surface area contributed by atoms with Crippen LogP contribution in [0.3, 0.4) is 0 Å². The normalized spacial score (nSPS) is 14.1. The summed E-state index contributed by atoms with van der Waals surface area (Å²) in [5.41, 5.74) is 4.15. The van der Waals surface area contributed by atoms with Gasteiger partial charge in [-0.05, 0) is 35.7 Å². The number of nitrogens with one attached hydrogen (secondary N) is 1. The van der Waals surface area contributed by atoms with Crippen molar-refractivity contribution >= 4 is 27.7 Å². The predicted octanol–water partition coefficient (Wildman–Crippen LogP) is 3.85. The number of carbonyl (C=O) groups is 1. The quantitative estimate of drug-likeness (QED) is 0.588. The van der Waals surface area contributed by atoms with E-state index in [1.54, 1.807) is 12.1 Å². The number of aromatic amines is 1. The highest BCUT2D eigenvalue weighted by Gasteiger charge is 2.24. The number of nitrogens with zero attached hydrogens (tertiary/aromatic N) is 2. The zero-order valence-electron chi connectivity index (χ0n) is 14.2. The van der Waals surface area contributed by atoms with Gasteiger partial charge < -0.3 is 14.5 Å². The molecule has 4 nitrogen and oxygen atoms in total. The monoisotopic (exact) mass is 347 g/mol. The molecule has 4 aromatic rings. The van der Waals surface area contributed by atoms with Crippen molar-refractivity contribution in [2.75, 3.05) is 6.54 Å². The minimum Gasteiger partial charge on any atom is -0.358 e. The van der Waals surface area contributed by atoms with Crippen LogP contribution < -0.4 is 0 Å². The van der Waals surface area contributed by atoms with Gasteiger partial charge in [0, 0.05) is 53.4 Å². The number of fused-ring (bicyclic) bond motifs is 4. The number of benzene rings is 2. The molecule has 1 aliphatic heterocycles. The Morgan fingerprint density at radius 3 is 2.96 bits per heavy atom. The number of hydrogen-bond acceptors (Lipinski definition) is 1. The van der Waals surface area contributed by atoms with Crippen LogP contribution in [0.5, 0.6) is 0 Å². The lowest BCUT2D eigenvalue weighted by Gasteiger charge is -2.27. The molecule has 0 bridgehead atoms. The third kappa shape index (κ3) is 2.39. The molecule has 26 heavy (non-hydrogen) atoms. The topological polar surface area (TPSA) is 41.0 Å². The molecule has 0 saturated carbocycles. The zero-order valence-corrected chi connectivity index (χ0v) is 14.2. The Morgan fingerprint density at radius 2 is 2.04 bits per heavy atom. The van der Waals surface area contributed by atoms with Crippen molar-refractivity contribution in [2.24, 2.45) is 0 Å². The maximum atomic E-state index is 13.6. The highest BCUT2D eigenvalue weighted by molar-refractivity contribution is 5.87. The van der Waals surface area contributed by atoms with Crippen LogP contribution in [-0.2, 0) is 24.3 Å². The first kappa shape index (κ1) is 15.2. The maximum absolute atomic E-state index is 13.6. The number of hydrogen-bond donors (Lipinski definition) is 1. The zero-order chi connectivity index (χ0) is 17.7. The fourth-order valence-corrected chi connectivity index (χ4v) is 3.92. The second-order valence-corrected chi connectivity index (χ2v) is 6.84. The Labute approximate surface area is 149 Å². The molecule has 5 heteroatoms. The van der Waals surface area contributed by atoms with Crippen molar-refractivity contribution in [1.82, 2.24) is 14.5 Å². The van der Waals surface area contributed by atoms with E-state index in [9.17, 15) is 9.18 Å². The van der Waals surface area contributed by atoms with Crippen molar-refractivity contribution < 1.29 is 9.18 Å². The molecular formula is C21H18FN3O. The van der Waals surface area contributed by atoms with E-state index in [0.717, 1.165) is 39.5 Å². The number of H-pyrrole nitrogens is 1. The summed E-state index contributed by atoms with van der Waals surface area (Å²) >= 11 is 0. The Kier molecular flexibility index (Phi) is 3.35. The van der Waals surface area contributed by atoms with Crippen molar-refractivity contribution in [3.8, 4) is 0 Å². The van der Waals surface area contributed by atoms with E-state index in [-0.39, 0.29) is 11.7 Å². The summed E-state index contributed by atoms with van der Waals surface area (Å²) in [7, 11) is 0.